The smallest absolute Gasteiger partial charge is 0.400 e. The average molecular weight is 510 g/mol. The molecule has 0 spiro atoms. The minimum atomic E-state index is -4.17. The maximum absolute atomic E-state index is 11.7. The number of aromatic nitrogens is 2. The second-order valence-electron chi connectivity index (χ2n) is 7.17. The molecule has 4 atom stereocenters. The number of aliphatic hydroxyl groups excluding tert-OH is 1. The first-order chi connectivity index (χ1) is 15.9. The van der Waals surface area contributed by atoms with E-state index in [1.165, 1.54) is 27.3 Å². The highest BCUT2D eigenvalue weighted by Crippen LogP contribution is 2.34. The van der Waals surface area contributed by atoms with Gasteiger partial charge in [-0.25, -0.2) is 14.9 Å². The molecule has 1 unspecified atom stereocenters. The normalized spacial score (nSPS) is 21.2. The Labute approximate surface area is 194 Å². The van der Waals surface area contributed by atoms with Crippen molar-refractivity contribution < 1.29 is 42.9 Å². The van der Waals surface area contributed by atoms with Crippen molar-refractivity contribution in [3.05, 3.63) is 32.6 Å². The minimum Gasteiger partial charge on any atom is -0.469 e. The summed E-state index contributed by atoms with van der Waals surface area (Å²) in [7, 11) is -1.48. The van der Waals surface area contributed by atoms with Crippen LogP contribution in [0.1, 0.15) is 31.1 Å². The zero-order valence-corrected chi connectivity index (χ0v) is 20.0. The van der Waals surface area contributed by atoms with Gasteiger partial charge in [-0.2, -0.15) is 0 Å². The van der Waals surface area contributed by atoms with E-state index in [0.717, 1.165) is 4.57 Å². The SMILES string of the molecule is COC(=O)CCNCCC(=O)OC.Cc1cn([C@H]2C[C@H](O)[C@@H](COP(N)(=O)O)O2)c(=O)[nH]c1=O. The number of aryl methyl sites for hydroxylation is 1. The van der Waals surface area contributed by atoms with Gasteiger partial charge < -0.3 is 29.5 Å². The molecule has 6 N–H and O–H groups in total. The summed E-state index contributed by atoms with van der Waals surface area (Å²) in [6.45, 7) is 2.17. The third-order valence-electron chi connectivity index (χ3n) is 4.55. The molecule has 16 heteroatoms. The number of nitrogens with one attached hydrogen (secondary N) is 2. The first-order valence-corrected chi connectivity index (χ1v) is 11.8. The number of nitrogens with two attached hydrogens (primary N) is 1. The van der Waals surface area contributed by atoms with Crippen molar-refractivity contribution in [2.75, 3.05) is 33.9 Å². The van der Waals surface area contributed by atoms with Crippen LogP contribution in [0.3, 0.4) is 0 Å². The number of carbonyl (C=O) groups is 2. The largest absolute Gasteiger partial charge is 0.469 e. The first-order valence-electron chi connectivity index (χ1n) is 10.1. The molecule has 0 saturated carbocycles. The van der Waals surface area contributed by atoms with E-state index in [0.29, 0.717) is 31.5 Å². The van der Waals surface area contributed by atoms with Crippen LogP contribution in [0.4, 0.5) is 0 Å². The number of nitrogens with zero attached hydrogens (tertiary/aromatic N) is 1. The fourth-order valence-corrected chi connectivity index (χ4v) is 3.09. The quantitative estimate of drug-likeness (QED) is 0.134. The van der Waals surface area contributed by atoms with E-state index in [-0.39, 0.29) is 25.0 Å². The number of hydrogen-bond acceptors (Lipinski definition) is 11. The Morgan fingerprint density at radius 3 is 2.32 bits per heavy atom. The summed E-state index contributed by atoms with van der Waals surface area (Å²) in [6.07, 6.45) is -0.692. The minimum absolute atomic E-state index is 0.0692. The van der Waals surface area contributed by atoms with Crippen LogP contribution in [0.25, 0.3) is 0 Å². The maximum Gasteiger partial charge on any atom is 0.400 e. The van der Waals surface area contributed by atoms with E-state index in [9.17, 15) is 28.8 Å². The van der Waals surface area contributed by atoms with Gasteiger partial charge in [-0.05, 0) is 6.92 Å². The number of rotatable bonds is 10. The molecular weight excluding hydrogens is 479 g/mol. The Morgan fingerprint density at radius 2 is 1.82 bits per heavy atom. The fraction of sp³-hybridized carbons (Fsp3) is 0.667. The summed E-state index contributed by atoms with van der Waals surface area (Å²) >= 11 is 0. The van der Waals surface area contributed by atoms with Gasteiger partial charge in [-0.15, -0.1) is 0 Å². The fourth-order valence-electron chi connectivity index (χ4n) is 2.73. The van der Waals surface area contributed by atoms with Crippen molar-refractivity contribution in [3.63, 3.8) is 0 Å². The predicted octanol–water partition coefficient (Wildman–Crippen LogP) is -1.73. The number of ether oxygens (including phenoxy) is 3. The highest BCUT2D eigenvalue weighted by atomic mass is 31.2. The van der Waals surface area contributed by atoms with E-state index >= 15 is 0 Å². The molecule has 0 aromatic carbocycles. The standard InChI is InChI=1S/C10H16N3O7P.C8H15NO4/c1-5-3-13(10(16)12-9(5)15)8-2-6(14)7(20-8)4-19-21(11,17)18;1-12-7(10)3-5-9-6-4-8(11)13-2/h3,6-8,14H,2,4H2,1H3,(H3,11,17,18)(H,12,15,16);9H,3-6H2,1-2H3/t6-,7+,8+;/m0./s1. The number of esters is 2. The lowest BCUT2D eigenvalue weighted by Gasteiger charge is -2.16. The van der Waals surface area contributed by atoms with Crippen molar-refractivity contribution in [2.45, 2.75) is 44.6 Å². The van der Waals surface area contributed by atoms with E-state index in [1.807, 2.05) is 0 Å². The molecular formula is C18H31N4O11P. The van der Waals surface area contributed by atoms with Crippen LogP contribution < -0.4 is 22.1 Å². The monoisotopic (exact) mass is 510 g/mol. The predicted molar refractivity (Wildman–Crippen MR) is 117 cm³/mol. The molecule has 2 heterocycles. The van der Waals surface area contributed by atoms with Gasteiger partial charge in [0.2, 0.25) is 0 Å². The molecule has 15 nitrogen and oxygen atoms in total. The Bertz CT molecular complexity index is 955. The van der Waals surface area contributed by atoms with Gasteiger partial charge in [0, 0.05) is 31.3 Å². The van der Waals surface area contributed by atoms with Gasteiger partial charge in [-0.1, -0.05) is 0 Å². The molecule has 1 aliphatic heterocycles. The highest BCUT2D eigenvalue weighted by Gasteiger charge is 2.36. The summed E-state index contributed by atoms with van der Waals surface area (Å²) in [5, 5.41) is 12.7. The Morgan fingerprint density at radius 1 is 1.26 bits per heavy atom. The van der Waals surface area contributed by atoms with Crippen LogP contribution in [0.2, 0.25) is 0 Å². The third-order valence-corrected chi connectivity index (χ3v) is 5.07. The van der Waals surface area contributed by atoms with Crippen molar-refractivity contribution >= 4 is 19.7 Å². The lowest BCUT2D eigenvalue weighted by atomic mass is 10.2. The van der Waals surface area contributed by atoms with Gasteiger partial charge in [-0.3, -0.25) is 28.5 Å². The summed E-state index contributed by atoms with van der Waals surface area (Å²) < 4.78 is 30.8. The molecule has 0 amide bonds. The van der Waals surface area contributed by atoms with E-state index < -0.39 is 37.4 Å². The Kier molecular flexibility index (Phi) is 12.3. The van der Waals surface area contributed by atoms with E-state index in [1.54, 1.807) is 0 Å². The molecule has 2 rings (SSSR count). The number of carbonyl (C=O) groups excluding carboxylic acids is 2. The van der Waals surface area contributed by atoms with E-state index in [2.05, 4.69) is 24.3 Å². The molecule has 1 aromatic heterocycles. The molecule has 194 valence electrons. The second kappa shape index (κ2) is 14.1. The second-order valence-corrected chi connectivity index (χ2v) is 8.56. The molecule has 1 saturated heterocycles. The molecule has 34 heavy (non-hydrogen) atoms. The number of methoxy groups -OCH3 is 2. The number of H-pyrrole nitrogens is 1. The lowest BCUT2D eigenvalue weighted by Crippen LogP contribution is -2.33. The zero-order chi connectivity index (χ0) is 25.9. The molecule has 1 fully saturated rings. The first kappa shape index (κ1) is 29.6. The van der Waals surface area contributed by atoms with Gasteiger partial charge in [0.25, 0.3) is 5.56 Å². The van der Waals surface area contributed by atoms with Crippen molar-refractivity contribution in [3.8, 4) is 0 Å². The third kappa shape index (κ3) is 10.7. The van der Waals surface area contributed by atoms with Crippen LogP contribution >= 0.6 is 7.75 Å². The average Bonchev–Trinajstić information content (AvgIpc) is 3.14. The van der Waals surface area contributed by atoms with Crippen LogP contribution in [-0.4, -0.2) is 77.6 Å². The van der Waals surface area contributed by atoms with Crippen molar-refractivity contribution in [2.24, 2.45) is 5.50 Å². The lowest BCUT2D eigenvalue weighted by molar-refractivity contribution is -0.140. The Balaban J connectivity index is 0.000000385. The van der Waals surface area contributed by atoms with Crippen molar-refractivity contribution in [1.29, 1.82) is 0 Å². The van der Waals surface area contributed by atoms with Gasteiger partial charge in [0.1, 0.15) is 12.3 Å². The maximum atomic E-state index is 11.7. The molecule has 1 aliphatic rings. The summed E-state index contributed by atoms with van der Waals surface area (Å²) in [5.41, 5.74) is 3.97. The van der Waals surface area contributed by atoms with Gasteiger partial charge >= 0.3 is 25.4 Å². The zero-order valence-electron chi connectivity index (χ0n) is 19.1. The number of aromatic amines is 1. The molecule has 0 bridgehead atoms. The molecule has 0 radical (unpaired) electrons. The van der Waals surface area contributed by atoms with Gasteiger partial charge in [0.15, 0.2) is 0 Å². The molecule has 0 aliphatic carbocycles. The molecule has 1 aromatic rings. The van der Waals surface area contributed by atoms with Crippen LogP contribution in [-0.2, 0) is 32.9 Å². The number of aliphatic hydroxyl groups is 1. The summed E-state index contributed by atoms with van der Waals surface area (Å²) in [4.78, 5) is 55.2. The summed E-state index contributed by atoms with van der Waals surface area (Å²) in [6, 6.07) is 0. The van der Waals surface area contributed by atoms with Crippen molar-refractivity contribution in [1.82, 2.24) is 14.9 Å². The van der Waals surface area contributed by atoms with Crippen LogP contribution in [0.5, 0.6) is 0 Å². The van der Waals surface area contributed by atoms with Crippen LogP contribution in [0, 0.1) is 6.92 Å². The summed E-state index contributed by atoms with van der Waals surface area (Å²) in [5.74, 6) is -0.517. The topological polar surface area (TPSA) is 221 Å². The van der Waals surface area contributed by atoms with E-state index in [4.69, 9.17) is 15.1 Å². The highest BCUT2D eigenvalue weighted by molar-refractivity contribution is 7.50. The Hall–Kier alpha value is -2.39. The number of hydrogen-bond donors (Lipinski definition) is 5. The van der Waals surface area contributed by atoms with Gasteiger partial charge in [0.05, 0.1) is 39.8 Å². The van der Waals surface area contributed by atoms with Crippen LogP contribution in [0.15, 0.2) is 15.8 Å².